The second kappa shape index (κ2) is 8.45. The van der Waals surface area contributed by atoms with Gasteiger partial charge >= 0.3 is 5.97 Å². The Bertz CT molecular complexity index is 1270. The van der Waals surface area contributed by atoms with Crippen molar-refractivity contribution < 1.29 is 14.7 Å². The number of hydroxylamine groups is 2. The normalized spacial score (nSPS) is 18.2. The highest BCUT2D eigenvalue weighted by molar-refractivity contribution is 7.10. The standard InChI is InChI=1S/C26H29N3O4S/c1-25(2,3)17-7-4-6-16(14-17)21(30)23(32)33-29-12-9-19-18(15-29)22(31)28-24(27-19)26(10-11-26)20-8-5-13-34-20/h4-8,13-14,21,30H,9-12,15H2,1-3H3,(H,27,28,31). The van der Waals surface area contributed by atoms with Crippen LogP contribution in [0.4, 0.5) is 0 Å². The molecule has 1 atom stereocenters. The van der Waals surface area contributed by atoms with Crippen molar-refractivity contribution in [2.24, 2.45) is 0 Å². The highest BCUT2D eigenvalue weighted by Gasteiger charge is 2.49. The second-order valence-electron chi connectivity index (χ2n) is 10.2. The summed E-state index contributed by atoms with van der Waals surface area (Å²) in [7, 11) is 0. The topological polar surface area (TPSA) is 95.5 Å². The van der Waals surface area contributed by atoms with Crippen LogP contribution in [0.1, 0.15) is 72.8 Å². The lowest BCUT2D eigenvalue weighted by Crippen LogP contribution is -2.39. The lowest BCUT2D eigenvalue weighted by Gasteiger charge is -2.28. The molecule has 2 N–H and O–H groups in total. The summed E-state index contributed by atoms with van der Waals surface area (Å²) < 4.78 is 0. The fourth-order valence-corrected chi connectivity index (χ4v) is 5.46. The Morgan fingerprint density at radius 3 is 2.74 bits per heavy atom. The average Bonchev–Trinajstić information content (AvgIpc) is 3.44. The van der Waals surface area contributed by atoms with Crippen molar-refractivity contribution >= 4 is 17.3 Å². The molecule has 0 saturated heterocycles. The van der Waals surface area contributed by atoms with Crippen LogP contribution >= 0.6 is 11.3 Å². The van der Waals surface area contributed by atoms with E-state index in [1.54, 1.807) is 17.4 Å². The molecule has 2 aromatic heterocycles. The minimum atomic E-state index is -1.40. The van der Waals surface area contributed by atoms with Crippen molar-refractivity contribution in [3.05, 3.63) is 85.2 Å². The Morgan fingerprint density at radius 1 is 1.26 bits per heavy atom. The maximum Gasteiger partial charge on any atom is 0.358 e. The molecule has 0 amide bonds. The number of aliphatic hydroxyl groups excluding tert-OH is 1. The van der Waals surface area contributed by atoms with Gasteiger partial charge in [-0.2, -0.15) is 0 Å². The number of carbonyl (C=O) groups is 1. The molecule has 2 aliphatic rings. The molecule has 0 spiro atoms. The summed E-state index contributed by atoms with van der Waals surface area (Å²) in [6.07, 6.45) is 1.05. The predicted octanol–water partition coefficient (Wildman–Crippen LogP) is 3.76. The summed E-state index contributed by atoms with van der Waals surface area (Å²) in [5.74, 6) is -0.0246. The zero-order valence-corrected chi connectivity index (χ0v) is 20.4. The van der Waals surface area contributed by atoms with Crippen molar-refractivity contribution in [3.63, 3.8) is 0 Å². The van der Waals surface area contributed by atoms with Crippen molar-refractivity contribution in [1.29, 1.82) is 0 Å². The van der Waals surface area contributed by atoms with Gasteiger partial charge in [0, 0.05) is 17.8 Å². The number of thiophene rings is 1. The van der Waals surface area contributed by atoms with E-state index in [4.69, 9.17) is 9.82 Å². The van der Waals surface area contributed by atoms with Gasteiger partial charge in [-0.1, -0.05) is 51.1 Å². The zero-order valence-electron chi connectivity index (χ0n) is 19.6. The molecule has 178 valence electrons. The summed E-state index contributed by atoms with van der Waals surface area (Å²) in [6.45, 7) is 6.78. The number of aliphatic hydroxyl groups is 1. The van der Waals surface area contributed by atoms with Gasteiger partial charge in [-0.25, -0.2) is 9.78 Å². The maximum absolute atomic E-state index is 12.9. The molecule has 1 aliphatic heterocycles. The number of nitrogens with zero attached hydrogens (tertiary/aromatic N) is 2. The highest BCUT2D eigenvalue weighted by atomic mass is 32.1. The first-order valence-corrected chi connectivity index (χ1v) is 12.5. The van der Waals surface area contributed by atoms with Gasteiger partial charge in [0.2, 0.25) is 0 Å². The first kappa shape index (κ1) is 23.0. The molecule has 1 fully saturated rings. The van der Waals surface area contributed by atoms with Gasteiger partial charge in [-0.05, 0) is 40.8 Å². The van der Waals surface area contributed by atoms with E-state index in [-0.39, 0.29) is 22.9 Å². The number of fused-ring (bicyclic) bond motifs is 1. The van der Waals surface area contributed by atoms with E-state index in [2.05, 4.69) is 31.8 Å². The number of nitrogens with one attached hydrogen (secondary N) is 1. The highest BCUT2D eigenvalue weighted by Crippen LogP contribution is 2.53. The van der Waals surface area contributed by atoms with Crippen molar-refractivity contribution in [3.8, 4) is 0 Å². The first-order chi connectivity index (χ1) is 16.2. The predicted molar refractivity (Wildman–Crippen MR) is 129 cm³/mol. The van der Waals surface area contributed by atoms with Crippen LogP contribution in [0.15, 0.2) is 46.6 Å². The van der Waals surface area contributed by atoms with E-state index in [1.165, 1.54) is 9.94 Å². The number of benzene rings is 1. The lowest BCUT2D eigenvalue weighted by molar-refractivity contribution is -0.205. The third-order valence-electron chi connectivity index (χ3n) is 6.74. The summed E-state index contributed by atoms with van der Waals surface area (Å²) in [4.78, 5) is 40.1. The second-order valence-corrected chi connectivity index (χ2v) is 11.1. The van der Waals surface area contributed by atoms with Crippen LogP contribution in [-0.2, 0) is 33.4 Å². The van der Waals surface area contributed by atoms with Gasteiger partial charge in [0.05, 0.1) is 23.2 Å². The largest absolute Gasteiger partial charge is 0.377 e. The van der Waals surface area contributed by atoms with Crippen molar-refractivity contribution in [2.45, 2.75) is 63.5 Å². The molecule has 8 heteroatoms. The monoisotopic (exact) mass is 479 g/mol. The molecule has 5 rings (SSSR count). The molecule has 0 bridgehead atoms. The third-order valence-corrected chi connectivity index (χ3v) is 7.81. The van der Waals surface area contributed by atoms with Crippen molar-refractivity contribution in [1.82, 2.24) is 15.0 Å². The van der Waals surface area contributed by atoms with Crippen LogP contribution in [0.25, 0.3) is 0 Å². The number of rotatable bonds is 5. The van der Waals surface area contributed by atoms with Crippen molar-refractivity contribution in [2.75, 3.05) is 6.54 Å². The third kappa shape index (κ3) is 4.21. The first-order valence-electron chi connectivity index (χ1n) is 11.6. The fourth-order valence-electron chi connectivity index (χ4n) is 4.47. The molecule has 1 aromatic carbocycles. The number of aromatic amines is 1. The Hall–Kier alpha value is -2.81. The molecule has 0 radical (unpaired) electrons. The van der Waals surface area contributed by atoms with E-state index >= 15 is 0 Å². The van der Waals surface area contributed by atoms with Gasteiger partial charge in [-0.3, -0.25) is 4.79 Å². The molecule has 1 unspecified atom stereocenters. The summed E-state index contributed by atoms with van der Waals surface area (Å²) >= 11 is 1.69. The van der Waals surface area contributed by atoms with Gasteiger partial charge < -0.3 is 14.9 Å². The minimum Gasteiger partial charge on any atom is -0.377 e. The van der Waals surface area contributed by atoms with E-state index in [0.29, 0.717) is 24.1 Å². The molecule has 7 nitrogen and oxygen atoms in total. The fraction of sp³-hybridized carbons (Fsp3) is 0.423. The maximum atomic E-state index is 12.9. The Morgan fingerprint density at radius 2 is 2.06 bits per heavy atom. The molecule has 3 aromatic rings. The Kier molecular flexibility index (Phi) is 5.70. The molecule has 1 saturated carbocycles. The molecule has 34 heavy (non-hydrogen) atoms. The quantitative estimate of drug-likeness (QED) is 0.579. The molecule has 1 aliphatic carbocycles. The molecule has 3 heterocycles. The number of hydrogen-bond donors (Lipinski definition) is 2. The van der Waals surface area contributed by atoms with Gasteiger partial charge in [0.1, 0.15) is 5.82 Å². The van der Waals surface area contributed by atoms with Crippen LogP contribution < -0.4 is 5.56 Å². The summed E-state index contributed by atoms with van der Waals surface area (Å²) in [5.41, 5.74) is 2.31. The number of H-pyrrole nitrogens is 1. The summed E-state index contributed by atoms with van der Waals surface area (Å²) in [6, 6.07) is 11.5. The zero-order chi connectivity index (χ0) is 24.1. The van der Waals surface area contributed by atoms with Crippen LogP contribution in [0, 0.1) is 0 Å². The SMILES string of the molecule is CC(C)(C)c1cccc(C(O)C(=O)ON2CCc3nc(C4(c5cccs5)CC4)[nH]c(=O)c3C2)c1. The smallest absolute Gasteiger partial charge is 0.358 e. The van der Waals surface area contributed by atoms with E-state index < -0.39 is 12.1 Å². The Labute approximate surface area is 202 Å². The van der Waals surface area contributed by atoms with Gasteiger partial charge in [0.25, 0.3) is 5.56 Å². The van der Waals surface area contributed by atoms with E-state index in [0.717, 1.165) is 29.9 Å². The minimum absolute atomic E-state index is 0.106. The number of aromatic nitrogens is 2. The van der Waals surface area contributed by atoms with Gasteiger partial charge in [0.15, 0.2) is 6.10 Å². The number of hydrogen-bond acceptors (Lipinski definition) is 7. The van der Waals surface area contributed by atoms with Gasteiger partial charge in [-0.15, -0.1) is 16.4 Å². The Balaban J connectivity index is 1.30. The van der Waals surface area contributed by atoms with Crippen LogP contribution in [-0.4, -0.2) is 32.7 Å². The summed E-state index contributed by atoms with van der Waals surface area (Å²) in [5, 5.41) is 14.1. The average molecular weight is 480 g/mol. The number of carbonyl (C=O) groups excluding carboxylic acids is 1. The van der Waals surface area contributed by atoms with E-state index in [1.807, 2.05) is 29.6 Å². The van der Waals surface area contributed by atoms with Crippen LogP contribution in [0.5, 0.6) is 0 Å². The van der Waals surface area contributed by atoms with Crippen LogP contribution in [0.2, 0.25) is 0 Å². The molecular weight excluding hydrogens is 450 g/mol. The molecular formula is C26H29N3O4S. The lowest BCUT2D eigenvalue weighted by atomic mass is 9.86. The van der Waals surface area contributed by atoms with Crippen LogP contribution in [0.3, 0.4) is 0 Å². The van der Waals surface area contributed by atoms with E-state index in [9.17, 15) is 14.7 Å².